The van der Waals surface area contributed by atoms with Crippen LogP contribution in [-0.4, -0.2) is 35.6 Å². The molecule has 92 valence electrons. The maximum atomic E-state index is 10.5. The van der Waals surface area contributed by atoms with Crippen molar-refractivity contribution in [2.24, 2.45) is 0 Å². The van der Waals surface area contributed by atoms with Gasteiger partial charge in [-0.15, -0.1) is 0 Å². The topological polar surface area (TPSA) is 40.5 Å². The van der Waals surface area contributed by atoms with Gasteiger partial charge in [-0.05, 0) is 36.9 Å². The van der Waals surface area contributed by atoms with Crippen molar-refractivity contribution in [3.05, 3.63) is 35.4 Å². The van der Waals surface area contributed by atoms with E-state index in [0.717, 1.165) is 38.9 Å². The average molecular weight is 233 g/mol. The summed E-state index contributed by atoms with van der Waals surface area (Å²) in [5.41, 5.74) is 2.90. The number of carboxylic acids is 1. The Bertz CT molecular complexity index is 363. The van der Waals surface area contributed by atoms with E-state index in [2.05, 4.69) is 29.2 Å². The molecule has 3 heteroatoms. The van der Waals surface area contributed by atoms with Crippen LogP contribution in [-0.2, 0) is 17.6 Å². The molecule has 1 heterocycles. The molecule has 2 rings (SSSR count). The summed E-state index contributed by atoms with van der Waals surface area (Å²) in [6.45, 7) is 3.01. The van der Waals surface area contributed by atoms with Crippen LogP contribution in [0.4, 0.5) is 0 Å². The lowest BCUT2D eigenvalue weighted by atomic mass is 10.0. The summed E-state index contributed by atoms with van der Waals surface area (Å²) < 4.78 is 0. The Balaban J connectivity index is 1.84. The molecule has 0 saturated carbocycles. The fraction of sp³-hybridized carbons (Fsp3) is 0.500. The maximum absolute atomic E-state index is 10.5. The fourth-order valence-electron chi connectivity index (χ4n) is 2.39. The number of benzene rings is 1. The Hall–Kier alpha value is -1.35. The highest BCUT2D eigenvalue weighted by molar-refractivity contribution is 5.66. The smallest absolute Gasteiger partial charge is 0.303 e. The molecule has 3 nitrogen and oxygen atoms in total. The van der Waals surface area contributed by atoms with Crippen LogP contribution in [0.25, 0.3) is 0 Å². The van der Waals surface area contributed by atoms with Crippen molar-refractivity contribution < 1.29 is 9.90 Å². The number of hydrogen-bond acceptors (Lipinski definition) is 2. The van der Waals surface area contributed by atoms with Crippen LogP contribution in [0.2, 0.25) is 0 Å². The third-order valence-electron chi connectivity index (χ3n) is 3.38. The van der Waals surface area contributed by atoms with Gasteiger partial charge in [0.1, 0.15) is 0 Å². The van der Waals surface area contributed by atoms with Crippen molar-refractivity contribution in [2.75, 3.05) is 19.6 Å². The minimum Gasteiger partial charge on any atom is -0.481 e. The average Bonchev–Trinajstić information content (AvgIpc) is 2.52. The SMILES string of the molecule is O=C(O)CCCN1CCc2ccccc2CC1. The number of rotatable bonds is 4. The summed E-state index contributed by atoms with van der Waals surface area (Å²) in [5, 5.41) is 8.62. The van der Waals surface area contributed by atoms with Crippen molar-refractivity contribution in [1.29, 1.82) is 0 Å². The second-order valence-electron chi connectivity index (χ2n) is 4.61. The van der Waals surface area contributed by atoms with Crippen LogP contribution in [0.1, 0.15) is 24.0 Å². The first kappa shape index (κ1) is 12.1. The van der Waals surface area contributed by atoms with Gasteiger partial charge >= 0.3 is 5.97 Å². The molecular formula is C14H19NO2. The number of carbonyl (C=O) groups is 1. The molecule has 0 amide bonds. The number of fused-ring (bicyclic) bond motifs is 1. The van der Waals surface area contributed by atoms with E-state index in [4.69, 9.17) is 5.11 Å². The van der Waals surface area contributed by atoms with Gasteiger partial charge < -0.3 is 10.0 Å². The van der Waals surface area contributed by atoms with Gasteiger partial charge in [-0.1, -0.05) is 24.3 Å². The zero-order valence-electron chi connectivity index (χ0n) is 10.1. The van der Waals surface area contributed by atoms with Crippen molar-refractivity contribution in [2.45, 2.75) is 25.7 Å². The summed E-state index contributed by atoms with van der Waals surface area (Å²) in [4.78, 5) is 12.8. The molecule has 0 bridgehead atoms. The lowest BCUT2D eigenvalue weighted by molar-refractivity contribution is -0.137. The van der Waals surface area contributed by atoms with Crippen molar-refractivity contribution in [3.8, 4) is 0 Å². The number of carboxylic acid groups (broad SMARTS) is 1. The Morgan fingerprint density at radius 2 is 1.76 bits per heavy atom. The van der Waals surface area contributed by atoms with Gasteiger partial charge in [-0.2, -0.15) is 0 Å². The highest BCUT2D eigenvalue weighted by Crippen LogP contribution is 2.15. The molecule has 0 saturated heterocycles. The second-order valence-corrected chi connectivity index (χ2v) is 4.61. The molecular weight excluding hydrogens is 214 g/mol. The minimum atomic E-state index is -0.692. The first-order valence-electron chi connectivity index (χ1n) is 6.26. The van der Waals surface area contributed by atoms with Crippen LogP contribution >= 0.6 is 0 Å². The molecule has 17 heavy (non-hydrogen) atoms. The molecule has 0 radical (unpaired) electrons. The molecule has 0 aromatic heterocycles. The van der Waals surface area contributed by atoms with Gasteiger partial charge in [-0.25, -0.2) is 0 Å². The van der Waals surface area contributed by atoms with Crippen LogP contribution in [0.5, 0.6) is 0 Å². The minimum absolute atomic E-state index is 0.281. The van der Waals surface area contributed by atoms with E-state index < -0.39 is 5.97 Å². The maximum Gasteiger partial charge on any atom is 0.303 e. The Kier molecular flexibility index (Phi) is 4.15. The number of nitrogens with zero attached hydrogens (tertiary/aromatic N) is 1. The summed E-state index contributed by atoms with van der Waals surface area (Å²) >= 11 is 0. The molecule has 0 unspecified atom stereocenters. The first-order chi connectivity index (χ1) is 8.25. The van der Waals surface area contributed by atoms with Crippen LogP contribution < -0.4 is 0 Å². The van der Waals surface area contributed by atoms with Crippen molar-refractivity contribution in [1.82, 2.24) is 4.90 Å². The van der Waals surface area contributed by atoms with E-state index in [9.17, 15) is 4.79 Å². The third-order valence-corrected chi connectivity index (χ3v) is 3.38. The molecule has 0 fully saturated rings. The molecule has 1 aromatic carbocycles. The zero-order valence-corrected chi connectivity index (χ0v) is 10.1. The summed E-state index contributed by atoms with van der Waals surface area (Å²) in [6, 6.07) is 8.60. The van der Waals surface area contributed by atoms with E-state index in [0.29, 0.717) is 0 Å². The summed E-state index contributed by atoms with van der Waals surface area (Å²) in [7, 11) is 0. The summed E-state index contributed by atoms with van der Waals surface area (Å²) in [5.74, 6) is -0.692. The molecule has 0 aliphatic carbocycles. The highest BCUT2D eigenvalue weighted by atomic mass is 16.4. The first-order valence-corrected chi connectivity index (χ1v) is 6.26. The monoisotopic (exact) mass is 233 g/mol. The zero-order chi connectivity index (χ0) is 12.1. The largest absolute Gasteiger partial charge is 0.481 e. The van der Waals surface area contributed by atoms with E-state index in [1.54, 1.807) is 0 Å². The fourth-order valence-corrected chi connectivity index (χ4v) is 2.39. The predicted octanol–water partition coefficient (Wildman–Crippen LogP) is 1.95. The van der Waals surface area contributed by atoms with Crippen LogP contribution in [0, 0.1) is 0 Å². The molecule has 1 aliphatic heterocycles. The standard InChI is InChI=1S/C14H19NO2/c16-14(17)6-3-9-15-10-7-12-4-1-2-5-13(12)8-11-15/h1-2,4-5H,3,6-11H2,(H,16,17). The Morgan fingerprint density at radius 1 is 1.18 bits per heavy atom. The van der Waals surface area contributed by atoms with Gasteiger partial charge in [0.15, 0.2) is 0 Å². The lowest BCUT2D eigenvalue weighted by Crippen LogP contribution is -2.27. The van der Waals surface area contributed by atoms with E-state index in [1.165, 1.54) is 11.1 Å². The highest BCUT2D eigenvalue weighted by Gasteiger charge is 2.13. The number of hydrogen-bond donors (Lipinski definition) is 1. The third kappa shape index (κ3) is 3.56. The van der Waals surface area contributed by atoms with Crippen molar-refractivity contribution >= 4 is 5.97 Å². The number of aliphatic carboxylic acids is 1. The normalized spacial score (nSPS) is 16.2. The lowest BCUT2D eigenvalue weighted by Gasteiger charge is -2.18. The molecule has 1 N–H and O–H groups in total. The van der Waals surface area contributed by atoms with Crippen LogP contribution in [0.15, 0.2) is 24.3 Å². The van der Waals surface area contributed by atoms with Crippen molar-refractivity contribution in [3.63, 3.8) is 0 Å². The van der Waals surface area contributed by atoms with Crippen LogP contribution in [0.3, 0.4) is 0 Å². The van der Waals surface area contributed by atoms with E-state index in [-0.39, 0.29) is 6.42 Å². The molecule has 1 aliphatic rings. The summed E-state index contributed by atoms with van der Waals surface area (Å²) in [6.07, 6.45) is 3.21. The van der Waals surface area contributed by atoms with Gasteiger partial charge in [0.2, 0.25) is 0 Å². The molecule has 0 spiro atoms. The quantitative estimate of drug-likeness (QED) is 0.864. The molecule has 1 aromatic rings. The Labute approximate surface area is 102 Å². The van der Waals surface area contributed by atoms with Gasteiger partial charge in [0.25, 0.3) is 0 Å². The second kappa shape index (κ2) is 5.82. The van der Waals surface area contributed by atoms with Gasteiger partial charge in [-0.3, -0.25) is 4.79 Å². The van der Waals surface area contributed by atoms with E-state index >= 15 is 0 Å². The van der Waals surface area contributed by atoms with Gasteiger partial charge in [0.05, 0.1) is 0 Å². The Morgan fingerprint density at radius 3 is 2.29 bits per heavy atom. The predicted molar refractivity (Wildman–Crippen MR) is 67.2 cm³/mol. The molecule has 0 atom stereocenters. The van der Waals surface area contributed by atoms with Gasteiger partial charge in [0, 0.05) is 19.5 Å². The van der Waals surface area contributed by atoms with E-state index in [1.807, 2.05) is 0 Å².